The van der Waals surface area contributed by atoms with E-state index in [1.165, 1.54) is 10.4 Å². The molecule has 3 heteroatoms. The van der Waals surface area contributed by atoms with Gasteiger partial charge in [-0.2, -0.15) is 0 Å². The standard InChI is InChI=1S/C34H42O2Si/c1-8-29(25-27-34(6,9-2)26-24-28-20-22-30(35-7)23-21-28)36-37(33(3,4)5,31-16-12-10-13-17-31)32-18-14-11-15-19-32/h8-24,26H,2,25,27H2,1,3-7H3/b26-24+,29-8+/t34-/m0/s1. The van der Waals surface area contributed by atoms with Gasteiger partial charge in [0.25, 0.3) is 0 Å². The minimum absolute atomic E-state index is 0.0695. The molecule has 37 heavy (non-hydrogen) atoms. The summed E-state index contributed by atoms with van der Waals surface area (Å²) in [5.41, 5.74) is 0.979. The molecule has 0 fully saturated rings. The Bertz CT molecular complexity index is 1150. The first-order chi connectivity index (χ1) is 17.7. The van der Waals surface area contributed by atoms with Crippen molar-refractivity contribution in [2.24, 2.45) is 5.41 Å². The highest BCUT2D eigenvalue weighted by atomic mass is 28.4. The Hall–Kier alpha value is -3.30. The second-order valence-corrected chi connectivity index (χ2v) is 15.1. The number of ether oxygens (including phenoxy) is 1. The van der Waals surface area contributed by atoms with Crippen LogP contribution >= 0.6 is 0 Å². The van der Waals surface area contributed by atoms with Crippen LogP contribution in [0, 0.1) is 5.41 Å². The van der Waals surface area contributed by atoms with E-state index in [-0.39, 0.29) is 10.5 Å². The zero-order valence-electron chi connectivity index (χ0n) is 23.3. The predicted octanol–water partition coefficient (Wildman–Crippen LogP) is 8.16. The molecule has 0 saturated heterocycles. The zero-order valence-corrected chi connectivity index (χ0v) is 24.3. The third-order valence-corrected chi connectivity index (χ3v) is 12.1. The van der Waals surface area contributed by atoms with E-state index in [2.05, 4.69) is 132 Å². The van der Waals surface area contributed by atoms with E-state index in [1.54, 1.807) is 7.11 Å². The predicted molar refractivity (Wildman–Crippen MR) is 162 cm³/mol. The van der Waals surface area contributed by atoms with Crippen molar-refractivity contribution in [3.05, 3.63) is 121 Å². The lowest BCUT2D eigenvalue weighted by Gasteiger charge is -2.43. The number of benzene rings is 3. The summed E-state index contributed by atoms with van der Waals surface area (Å²) in [6, 6.07) is 29.7. The number of hydrogen-bond donors (Lipinski definition) is 0. The van der Waals surface area contributed by atoms with Gasteiger partial charge in [0, 0.05) is 11.8 Å². The molecule has 0 aliphatic carbocycles. The summed E-state index contributed by atoms with van der Waals surface area (Å²) in [5.74, 6) is 1.90. The topological polar surface area (TPSA) is 18.5 Å². The van der Waals surface area contributed by atoms with Crippen molar-refractivity contribution < 1.29 is 9.16 Å². The van der Waals surface area contributed by atoms with E-state index in [9.17, 15) is 0 Å². The monoisotopic (exact) mass is 510 g/mol. The number of allylic oxidation sites excluding steroid dienone is 4. The van der Waals surface area contributed by atoms with Crippen LogP contribution in [0.3, 0.4) is 0 Å². The van der Waals surface area contributed by atoms with E-state index < -0.39 is 8.32 Å². The third-order valence-electron chi connectivity index (χ3n) is 7.17. The van der Waals surface area contributed by atoms with Crippen LogP contribution in [-0.2, 0) is 4.43 Å². The second kappa shape index (κ2) is 12.3. The van der Waals surface area contributed by atoms with E-state index in [0.717, 1.165) is 29.9 Å². The lowest BCUT2D eigenvalue weighted by atomic mass is 9.84. The van der Waals surface area contributed by atoms with Gasteiger partial charge < -0.3 is 9.16 Å². The van der Waals surface area contributed by atoms with Crippen molar-refractivity contribution in [3.63, 3.8) is 0 Å². The van der Waals surface area contributed by atoms with Gasteiger partial charge in [0.2, 0.25) is 0 Å². The van der Waals surface area contributed by atoms with Crippen molar-refractivity contribution in [2.75, 3.05) is 7.11 Å². The number of methoxy groups -OCH3 is 1. The van der Waals surface area contributed by atoms with Crippen LogP contribution < -0.4 is 15.1 Å². The summed E-state index contributed by atoms with van der Waals surface area (Å²) in [5, 5.41) is 2.51. The van der Waals surface area contributed by atoms with Gasteiger partial charge in [-0.15, -0.1) is 6.58 Å². The van der Waals surface area contributed by atoms with Gasteiger partial charge in [-0.05, 0) is 46.5 Å². The summed E-state index contributed by atoms with van der Waals surface area (Å²) in [6.07, 6.45) is 10.3. The summed E-state index contributed by atoms with van der Waals surface area (Å²) in [4.78, 5) is 0. The molecule has 0 heterocycles. The van der Waals surface area contributed by atoms with Crippen molar-refractivity contribution in [1.29, 1.82) is 0 Å². The summed E-state index contributed by atoms with van der Waals surface area (Å²) >= 11 is 0. The van der Waals surface area contributed by atoms with Gasteiger partial charge in [0.05, 0.1) is 12.9 Å². The van der Waals surface area contributed by atoms with E-state index in [0.29, 0.717) is 0 Å². The molecule has 0 bridgehead atoms. The molecule has 1 atom stereocenters. The van der Waals surface area contributed by atoms with Crippen LogP contribution in [-0.4, -0.2) is 15.4 Å². The highest BCUT2D eigenvalue weighted by molar-refractivity contribution is 6.99. The quantitative estimate of drug-likeness (QED) is 0.147. The third kappa shape index (κ3) is 6.72. The molecular formula is C34H42O2Si. The van der Waals surface area contributed by atoms with Gasteiger partial charge in [0.15, 0.2) is 0 Å². The fraction of sp³-hybridized carbons (Fsp3) is 0.294. The molecule has 0 aromatic heterocycles. The Morgan fingerprint density at radius 3 is 1.81 bits per heavy atom. The van der Waals surface area contributed by atoms with E-state index in [4.69, 9.17) is 9.16 Å². The lowest BCUT2D eigenvalue weighted by Crippen LogP contribution is -2.66. The van der Waals surface area contributed by atoms with E-state index in [1.807, 2.05) is 18.2 Å². The van der Waals surface area contributed by atoms with Gasteiger partial charge in [-0.3, -0.25) is 0 Å². The van der Waals surface area contributed by atoms with Crippen molar-refractivity contribution in [3.8, 4) is 5.75 Å². The molecule has 0 unspecified atom stereocenters. The molecule has 3 aromatic rings. The van der Waals surface area contributed by atoms with Crippen molar-refractivity contribution in [2.45, 2.75) is 52.5 Å². The smallest absolute Gasteiger partial charge is 0.319 e. The normalized spacial score (nSPS) is 14.3. The average molecular weight is 511 g/mol. The van der Waals surface area contributed by atoms with Crippen LogP contribution in [0.15, 0.2) is 115 Å². The summed E-state index contributed by atoms with van der Waals surface area (Å²) in [7, 11) is -0.956. The first-order valence-corrected chi connectivity index (χ1v) is 15.0. The van der Waals surface area contributed by atoms with Gasteiger partial charge in [0.1, 0.15) is 5.75 Å². The van der Waals surface area contributed by atoms with Crippen molar-refractivity contribution >= 4 is 24.8 Å². The Morgan fingerprint density at radius 2 is 1.38 bits per heavy atom. The van der Waals surface area contributed by atoms with Gasteiger partial charge in [-0.25, -0.2) is 0 Å². The molecule has 3 rings (SSSR count). The highest BCUT2D eigenvalue weighted by Crippen LogP contribution is 2.39. The Balaban J connectivity index is 1.90. The number of rotatable bonds is 11. The highest BCUT2D eigenvalue weighted by Gasteiger charge is 2.52. The van der Waals surface area contributed by atoms with Crippen LogP contribution in [0.5, 0.6) is 5.75 Å². The molecule has 0 aliphatic rings. The summed E-state index contributed by atoms with van der Waals surface area (Å²) in [6.45, 7) is 15.4. The molecule has 2 nitrogen and oxygen atoms in total. The maximum absolute atomic E-state index is 7.28. The van der Waals surface area contributed by atoms with Crippen LogP contribution in [0.1, 0.15) is 53.0 Å². The lowest BCUT2D eigenvalue weighted by molar-refractivity contribution is 0.355. The average Bonchev–Trinajstić information content (AvgIpc) is 2.92. The van der Waals surface area contributed by atoms with Gasteiger partial charge >= 0.3 is 8.32 Å². The number of hydrogen-bond acceptors (Lipinski definition) is 2. The van der Waals surface area contributed by atoms with Crippen LogP contribution in [0.4, 0.5) is 0 Å². The fourth-order valence-corrected chi connectivity index (χ4v) is 9.29. The van der Waals surface area contributed by atoms with Crippen LogP contribution in [0.25, 0.3) is 6.08 Å². The summed E-state index contributed by atoms with van der Waals surface area (Å²) < 4.78 is 12.6. The SMILES string of the molecule is C=C[C@@](C)(/C=C/c1ccc(OC)cc1)CC/C(=C\C)O[Si](c1ccccc1)(c1ccccc1)C(C)(C)C. The second-order valence-electron chi connectivity index (χ2n) is 10.8. The Kier molecular flexibility index (Phi) is 9.39. The molecular weight excluding hydrogens is 468 g/mol. The molecule has 0 aliphatic heterocycles. The van der Waals surface area contributed by atoms with Crippen molar-refractivity contribution in [1.82, 2.24) is 0 Å². The maximum atomic E-state index is 7.28. The van der Waals surface area contributed by atoms with E-state index >= 15 is 0 Å². The minimum Gasteiger partial charge on any atom is -0.537 e. The zero-order chi connectivity index (χ0) is 26.9. The Labute approximate surface area is 225 Å². The molecule has 0 saturated carbocycles. The minimum atomic E-state index is -2.64. The molecule has 194 valence electrons. The molecule has 3 aromatic carbocycles. The first-order valence-electron chi connectivity index (χ1n) is 13.1. The molecule has 0 amide bonds. The Morgan fingerprint density at radius 1 is 0.838 bits per heavy atom. The van der Waals surface area contributed by atoms with Crippen LogP contribution in [0.2, 0.25) is 5.04 Å². The molecule has 0 N–H and O–H groups in total. The largest absolute Gasteiger partial charge is 0.537 e. The maximum Gasteiger partial charge on any atom is 0.319 e. The van der Waals surface area contributed by atoms with Gasteiger partial charge in [-0.1, -0.05) is 125 Å². The molecule has 0 spiro atoms. The molecule has 0 radical (unpaired) electrons. The first kappa shape index (κ1) is 28.3. The fourth-order valence-electron chi connectivity index (χ4n) is 4.75.